The molecular formula is C11H9N3O6. The number of allylic oxidation sites excluding steroid dienone is 1. The van der Waals surface area contributed by atoms with E-state index >= 15 is 0 Å². The second-order valence-corrected chi connectivity index (χ2v) is 3.57. The molecule has 0 aliphatic heterocycles. The van der Waals surface area contributed by atoms with Gasteiger partial charge in [-0.15, -0.1) is 0 Å². The molecule has 0 saturated heterocycles. The van der Waals surface area contributed by atoms with Gasteiger partial charge in [0.2, 0.25) is 5.76 Å². The molecule has 0 radical (unpaired) electrons. The van der Waals surface area contributed by atoms with Crippen LogP contribution in [0.3, 0.4) is 0 Å². The molecule has 0 bridgehead atoms. The van der Waals surface area contributed by atoms with Gasteiger partial charge in [-0.25, -0.2) is 4.79 Å². The van der Waals surface area contributed by atoms with Gasteiger partial charge in [-0.1, -0.05) is 6.58 Å². The van der Waals surface area contributed by atoms with Gasteiger partial charge in [-0.3, -0.25) is 14.9 Å². The summed E-state index contributed by atoms with van der Waals surface area (Å²) in [6.45, 7) is 2.54. The van der Waals surface area contributed by atoms with Crippen molar-refractivity contribution >= 4 is 17.6 Å². The summed E-state index contributed by atoms with van der Waals surface area (Å²) in [4.78, 5) is 32.4. The Morgan fingerprint density at radius 2 is 2.25 bits per heavy atom. The topological polar surface area (TPSA) is 149 Å². The first-order valence-corrected chi connectivity index (χ1v) is 5.14. The molecule has 0 amide bonds. The molecule has 0 saturated carbocycles. The number of nitrogens with zero attached hydrogens (tertiary/aromatic N) is 2. The lowest BCUT2D eigenvalue weighted by atomic mass is 10.0. The predicted molar refractivity (Wildman–Crippen MR) is 63.1 cm³/mol. The highest BCUT2D eigenvalue weighted by Gasteiger charge is 2.23. The minimum absolute atomic E-state index is 0.165. The van der Waals surface area contributed by atoms with Crippen LogP contribution >= 0.6 is 0 Å². The lowest BCUT2D eigenvalue weighted by Crippen LogP contribution is -2.25. The maximum atomic E-state index is 11.5. The molecular weight excluding hydrogens is 270 g/mol. The number of hydrogen-bond donors (Lipinski definition) is 1. The van der Waals surface area contributed by atoms with E-state index in [0.29, 0.717) is 0 Å². The van der Waals surface area contributed by atoms with Crippen LogP contribution < -0.4 is 5.73 Å². The summed E-state index contributed by atoms with van der Waals surface area (Å²) in [5.41, 5.74) is 5.07. The Kier molecular flexibility index (Phi) is 4.58. The first-order chi connectivity index (χ1) is 9.36. The molecule has 1 heterocycles. The van der Waals surface area contributed by atoms with Gasteiger partial charge in [0.15, 0.2) is 12.4 Å². The summed E-state index contributed by atoms with van der Waals surface area (Å²) < 4.78 is 9.14. The summed E-state index contributed by atoms with van der Waals surface area (Å²) in [5.74, 6) is -4.16. The van der Waals surface area contributed by atoms with Gasteiger partial charge < -0.3 is 14.9 Å². The van der Waals surface area contributed by atoms with Crippen LogP contribution in [0.1, 0.15) is 10.6 Å². The Hall–Kier alpha value is -3.15. The maximum Gasteiger partial charge on any atom is 0.433 e. The van der Waals surface area contributed by atoms with Crippen LogP contribution in [-0.4, -0.2) is 23.3 Å². The summed E-state index contributed by atoms with van der Waals surface area (Å²) in [6.07, 6.45) is 0. The number of Topliss-reactive ketones (excluding diaryl/α,β-unsaturated/α-hetero) is 1. The summed E-state index contributed by atoms with van der Waals surface area (Å²) in [7, 11) is 0. The van der Waals surface area contributed by atoms with Crippen LogP contribution in [0.2, 0.25) is 0 Å². The third kappa shape index (κ3) is 3.42. The van der Waals surface area contributed by atoms with E-state index in [0.717, 1.165) is 12.1 Å². The fraction of sp³-hybridized carbons (Fsp3) is 0.182. The highest BCUT2D eigenvalue weighted by atomic mass is 16.7. The van der Waals surface area contributed by atoms with Gasteiger partial charge in [-0.2, -0.15) is 5.26 Å². The minimum Gasteiger partial charge on any atom is -0.452 e. The van der Waals surface area contributed by atoms with Crippen LogP contribution in [-0.2, 0) is 9.53 Å². The van der Waals surface area contributed by atoms with E-state index in [9.17, 15) is 19.7 Å². The van der Waals surface area contributed by atoms with Crippen molar-refractivity contribution in [1.29, 1.82) is 5.26 Å². The summed E-state index contributed by atoms with van der Waals surface area (Å²) in [6, 6.07) is 3.61. The van der Waals surface area contributed by atoms with Crippen LogP contribution in [0.5, 0.6) is 0 Å². The lowest BCUT2D eigenvalue weighted by molar-refractivity contribution is -0.402. The zero-order chi connectivity index (χ0) is 15.3. The second-order valence-electron chi connectivity index (χ2n) is 3.57. The van der Waals surface area contributed by atoms with E-state index in [1.54, 1.807) is 6.07 Å². The number of nitrogens with two attached hydrogens (primary N) is 1. The minimum atomic E-state index is -1.28. The van der Waals surface area contributed by atoms with Crippen molar-refractivity contribution in [3.05, 3.63) is 40.3 Å². The number of nitro groups is 1. The Morgan fingerprint density at radius 1 is 1.60 bits per heavy atom. The molecule has 0 aromatic carbocycles. The smallest absolute Gasteiger partial charge is 0.433 e. The van der Waals surface area contributed by atoms with E-state index in [4.69, 9.17) is 11.0 Å². The number of carbonyl (C=O) groups excluding carboxylic acids is 2. The van der Waals surface area contributed by atoms with Crippen molar-refractivity contribution in [3.8, 4) is 6.07 Å². The van der Waals surface area contributed by atoms with Crippen molar-refractivity contribution in [2.75, 3.05) is 6.61 Å². The number of nitriles is 1. The monoisotopic (exact) mass is 279 g/mol. The van der Waals surface area contributed by atoms with Gasteiger partial charge in [0.1, 0.15) is 10.8 Å². The molecule has 0 aliphatic rings. The molecule has 1 rings (SSSR count). The third-order valence-corrected chi connectivity index (χ3v) is 2.14. The molecule has 2 N–H and O–H groups in total. The summed E-state index contributed by atoms with van der Waals surface area (Å²) in [5, 5.41) is 19.0. The molecule has 0 spiro atoms. The Morgan fingerprint density at radius 3 is 2.70 bits per heavy atom. The van der Waals surface area contributed by atoms with Gasteiger partial charge in [-0.05, 0) is 6.07 Å². The maximum absolute atomic E-state index is 11.5. The second kappa shape index (κ2) is 6.14. The van der Waals surface area contributed by atoms with E-state index in [1.807, 2.05) is 0 Å². The number of hydrogen-bond acceptors (Lipinski definition) is 8. The van der Waals surface area contributed by atoms with Crippen molar-refractivity contribution in [2.24, 2.45) is 11.7 Å². The third-order valence-electron chi connectivity index (χ3n) is 2.14. The van der Waals surface area contributed by atoms with Gasteiger partial charge >= 0.3 is 11.9 Å². The van der Waals surface area contributed by atoms with Gasteiger partial charge in [0.05, 0.1) is 12.1 Å². The number of furan rings is 1. The molecule has 0 aliphatic carbocycles. The quantitative estimate of drug-likeness (QED) is 0.450. The van der Waals surface area contributed by atoms with E-state index in [1.165, 1.54) is 0 Å². The number of carbonyl (C=O) groups is 2. The zero-order valence-electron chi connectivity index (χ0n) is 10.1. The predicted octanol–water partition coefficient (Wildman–Crippen LogP) is 0.526. The molecule has 9 nitrogen and oxygen atoms in total. The fourth-order valence-corrected chi connectivity index (χ4v) is 1.19. The highest BCUT2D eigenvalue weighted by Crippen LogP contribution is 2.16. The largest absolute Gasteiger partial charge is 0.452 e. The molecule has 0 unspecified atom stereocenters. The average Bonchev–Trinajstić information content (AvgIpc) is 2.86. The molecule has 9 heteroatoms. The standard InChI is InChI=1S/C11H9N3O6/c1-6(13)7(4-12)8(15)5-19-11(16)9-2-3-10(20-9)14(17)18/h2-3,7H,1,5,13H2/t7-/m0/s1. The molecule has 1 aromatic heterocycles. The number of rotatable bonds is 6. The number of ketones is 1. The van der Waals surface area contributed by atoms with E-state index in [2.05, 4.69) is 15.7 Å². The first-order valence-electron chi connectivity index (χ1n) is 5.14. The SMILES string of the molecule is C=C(N)[C@H](C#N)C(=O)COC(=O)c1ccc([N+](=O)[O-])o1. The number of esters is 1. The van der Waals surface area contributed by atoms with Crippen LogP contribution in [0.4, 0.5) is 5.88 Å². The first kappa shape index (κ1) is 14.9. The van der Waals surface area contributed by atoms with Crippen molar-refractivity contribution in [2.45, 2.75) is 0 Å². The van der Waals surface area contributed by atoms with Crippen LogP contribution in [0.25, 0.3) is 0 Å². The molecule has 1 aromatic rings. The Bertz CT molecular complexity index is 612. The number of ether oxygens (including phenoxy) is 1. The molecule has 0 fully saturated rings. The van der Waals surface area contributed by atoms with Crippen molar-refractivity contribution < 1.29 is 23.7 Å². The van der Waals surface area contributed by atoms with E-state index < -0.39 is 40.8 Å². The van der Waals surface area contributed by atoms with Gasteiger partial charge in [0.25, 0.3) is 0 Å². The summed E-state index contributed by atoms with van der Waals surface area (Å²) >= 11 is 0. The fourth-order valence-electron chi connectivity index (χ4n) is 1.19. The van der Waals surface area contributed by atoms with E-state index in [-0.39, 0.29) is 5.70 Å². The van der Waals surface area contributed by atoms with Crippen LogP contribution in [0.15, 0.2) is 28.8 Å². The molecule has 1 atom stereocenters. The Balaban J connectivity index is 2.63. The van der Waals surface area contributed by atoms with Gasteiger partial charge in [0, 0.05) is 5.70 Å². The molecule has 104 valence electrons. The Labute approximate surface area is 112 Å². The van der Waals surface area contributed by atoms with Crippen molar-refractivity contribution in [3.63, 3.8) is 0 Å². The van der Waals surface area contributed by atoms with Crippen LogP contribution in [0, 0.1) is 27.4 Å². The highest BCUT2D eigenvalue weighted by molar-refractivity contribution is 5.91. The van der Waals surface area contributed by atoms with Crippen molar-refractivity contribution in [1.82, 2.24) is 0 Å². The lowest BCUT2D eigenvalue weighted by Gasteiger charge is -2.07. The average molecular weight is 279 g/mol. The molecule has 20 heavy (non-hydrogen) atoms. The zero-order valence-corrected chi connectivity index (χ0v) is 10.1. The normalized spacial score (nSPS) is 11.2.